The second-order valence-corrected chi connectivity index (χ2v) is 8.37. The van der Waals surface area contributed by atoms with Crippen molar-refractivity contribution >= 4 is 15.9 Å². The van der Waals surface area contributed by atoms with Gasteiger partial charge in [0.05, 0.1) is 5.75 Å². The first-order valence-corrected chi connectivity index (χ1v) is 10.6. The van der Waals surface area contributed by atoms with Crippen LogP contribution in [-0.2, 0) is 25.3 Å². The van der Waals surface area contributed by atoms with Crippen molar-refractivity contribution in [1.29, 1.82) is 0 Å². The average Bonchev–Trinajstić information content (AvgIpc) is 2.63. The number of rotatable bonds is 9. The fourth-order valence-electron chi connectivity index (χ4n) is 2.95. The molecule has 1 aliphatic rings. The van der Waals surface area contributed by atoms with E-state index in [2.05, 4.69) is 5.32 Å². The first-order valence-electron chi connectivity index (χ1n) is 9.00. The minimum absolute atomic E-state index is 0.0166. The van der Waals surface area contributed by atoms with Crippen LogP contribution in [-0.4, -0.2) is 51.5 Å². The van der Waals surface area contributed by atoms with Gasteiger partial charge in [0.2, 0.25) is 15.9 Å². The SMILES string of the molecule is CCOCCCNC(=O)C1CCN(S(=O)(=O)Cc2ccc(F)cc2)CC1. The Kier molecular flexibility index (Phi) is 7.99. The summed E-state index contributed by atoms with van der Waals surface area (Å²) < 4.78 is 44.6. The Balaban J connectivity index is 1.77. The molecule has 0 spiro atoms. The van der Waals surface area contributed by atoms with Gasteiger partial charge in [0.15, 0.2) is 0 Å². The predicted molar refractivity (Wildman–Crippen MR) is 97.4 cm³/mol. The van der Waals surface area contributed by atoms with Gasteiger partial charge in [0, 0.05) is 38.8 Å². The molecule has 1 aromatic rings. The highest BCUT2D eigenvalue weighted by molar-refractivity contribution is 7.88. The van der Waals surface area contributed by atoms with Crippen LogP contribution in [0.3, 0.4) is 0 Å². The minimum Gasteiger partial charge on any atom is -0.382 e. The van der Waals surface area contributed by atoms with Crippen molar-refractivity contribution in [2.75, 3.05) is 32.8 Å². The van der Waals surface area contributed by atoms with Gasteiger partial charge in [-0.05, 0) is 43.9 Å². The standard InChI is InChI=1S/C18H27FN2O4S/c1-2-25-13-3-10-20-18(22)16-8-11-21(12-9-16)26(23,24)14-15-4-6-17(19)7-5-15/h4-7,16H,2-3,8-14H2,1H3,(H,20,22). The zero-order valence-corrected chi connectivity index (χ0v) is 15.9. The van der Waals surface area contributed by atoms with Crippen molar-refractivity contribution in [3.05, 3.63) is 35.6 Å². The molecule has 0 saturated carbocycles. The summed E-state index contributed by atoms with van der Waals surface area (Å²) in [5.74, 6) is -0.711. The van der Waals surface area contributed by atoms with Crippen LogP contribution >= 0.6 is 0 Å². The van der Waals surface area contributed by atoms with Crippen molar-refractivity contribution in [2.45, 2.75) is 31.9 Å². The predicted octanol–water partition coefficient (Wildman–Crippen LogP) is 1.91. The quantitative estimate of drug-likeness (QED) is 0.658. The van der Waals surface area contributed by atoms with E-state index in [4.69, 9.17) is 4.74 Å². The number of amides is 1. The molecule has 1 aromatic carbocycles. The third-order valence-corrected chi connectivity index (χ3v) is 6.30. The van der Waals surface area contributed by atoms with Gasteiger partial charge in [0.25, 0.3) is 0 Å². The van der Waals surface area contributed by atoms with E-state index in [-0.39, 0.29) is 23.4 Å². The number of sulfonamides is 1. The van der Waals surface area contributed by atoms with Crippen molar-refractivity contribution in [3.8, 4) is 0 Å². The molecule has 6 nitrogen and oxygen atoms in total. The molecule has 0 bridgehead atoms. The summed E-state index contributed by atoms with van der Waals surface area (Å²) in [7, 11) is -3.46. The summed E-state index contributed by atoms with van der Waals surface area (Å²) >= 11 is 0. The van der Waals surface area contributed by atoms with Gasteiger partial charge < -0.3 is 10.1 Å². The molecule has 146 valence electrons. The largest absolute Gasteiger partial charge is 0.382 e. The summed E-state index contributed by atoms with van der Waals surface area (Å²) in [6, 6.07) is 5.48. The van der Waals surface area contributed by atoms with Crippen LogP contribution < -0.4 is 5.32 Å². The lowest BCUT2D eigenvalue weighted by atomic mass is 9.97. The van der Waals surface area contributed by atoms with E-state index in [9.17, 15) is 17.6 Å². The van der Waals surface area contributed by atoms with Gasteiger partial charge in [0.1, 0.15) is 5.82 Å². The monoisotopic (exact) mass is 386 g/mol. The first kappa shape index (κ1) is 20.8. The Labute approximate surface area is 154 Å². The summed E-state index contributed by atoms with van der Waals surface area (Å²) in [6.45, 7) is 4.45. The third-order valence-electron chi connectivity index (χ3n) is 4.45. The van der Waals surface area contributed by atoms with E-state index in [0.29, 0.717) is 51.3 Å². The molecule has 0 radical (unpaired) electrons. The number of benzene rings is 1. The zero-order chi connectivity index (χ0) is 19.0. The number of nitrogens with zero attached hydrogens (tertiary/aromatic N) is 1. The normalized spacial score (nSPS) is 16.5. The maximum atomic E-state index is 12.9. The molecule has 0 aliphatic carbocycles. The van der Waals surface area contributed by atoms with Crippen LogP contribution in [0.5, 0.6) is 0 Å². The molecule has 0 aromatic heterocycles. The highest BCUT2D eigenvalue weighted by atomic mass is 32.2. The number of carbonyl (C=O) groups excluding carboxylic acids is 1. The zero-order valence-electron chi connectivity index (χ0n) is 15.1. The molecule has 1 saturated heterocycles. The fourth-order valence-corrected chi connectivity index (χ4v) is 4.52. The van der Waals surface area contributed by atoms with Crippen molar-refractivity contribution in [3.63, 3.8) is 0 Å². The number of halogens is 1. The highest BCUT2D eigenvalue weighted by Gasteiger charge is 2.31. The van der Waals surface area contributed by atoms with Crippen molar-refractivity contribution < 1.29 is 22.3 Å². The number of nitrogens with one attached hydrogen (secondary N) is 1. The Hall–Kier alpha value is -1.51. The molecular formula is C18H27FN2O4S. The second kappa shape index (κ2) is 9.99. The second-order valence-electron chi connectivity index (χ2n) is 6.40. The molecule has 1 amide bonds. The Bertz CT molecular complexity index is 671. The summed E-state index contributed by atoms with van der Waals surface area (Å²) in [6.07, 6.45) is 1.80. The lowest BCUT2D eigenvalue weighted by Crippen LogP contribution is -2.43. The molecule has 0 unspecified atom stereocenters. The molecule has 8 heteroatoms. The molecule has 2 rings (SSSR count). The molecule has 26 heavy (non-hydrogen) atoms. The lowest BCUT2D eigenvalue weighted by molar-refractivity contribution is -0.126. The molecule has 0 atom stereocenters. The highest BCUT2D eigenvalue weighted by Crippen LogP contribution is 2.22. The number of carbonyl (C=O) groups is 1. The maximum absolute atomic E-state index is 12.9. The van der Waals surface area contributed by atoms with Gasteiger partial charge in [-0.1, -0.05) is 12.1 Å². The van der Waals surface area contributed by atoms with E-state index in [1.165, 1.54) is 28.6 Å². The fraction of sp³-hybridized carbons (Fsp3) is 0.611. The van der Waals surface area contributed by atoms with E-state index in [0.717, 1.165) is 6.42 Å². The summed E-state index contributed by atoms with van der Waals surface area (Å²) in [5.41, 5.74) is 0.556. The van der Waals surface area contributed by atoms with Crippen molar-refractivity contribution in [1.82, 2.24) is 9.62 Å². The van der Waals surface area contributed by atoms with Crippen LogP contribution in [0.4, 0.5) is 4.39 Å². The van der Waals surface area contributed by atoms with Gasteiger partial charge in [-0.25, -0.2) is 17.1 Å². The number of ether oxygens (including phenoxy) is 1. The van der Waals surface area contributed by atoms with Crippen LogP contribution in [0.1, 0.15) is 31.7 Å². The molecular weight excluding hydrogens is 359 g/mol. The average molecular weight is 386 g/mol. The van der Waals surface area contributed by atoms with Crippen LogP contribution in [0.25, 0.3) is 0 Å². The Morgan fingerprint density at radius 3 is 2.54 bits per heavy atom. The van der Waals surface area contributed by atoms with E-state index >= 15 is 0 Å². The number of piperidine rings is 1. The summed E-state index contributed by atoms with van der Waals surface area (Å²) in [5, 5.41) is 2.89. The smallest absolute Gasteiger partial charge is 0.223 e. The van der Waals surface area contributed by atoms with Gasteiger partial charge in [-0.15, -0.1) is 0 Å². The first-order chi connectivity index (χ1) is 12.4. The minimum atomic E-state index is -3.46. The molecule has 1 N–H and O–H groups in total. The van der Waals surface area contributed by atoms with Crippen LogP contribution in [0, 0.1) is 11.7 Å². The van der Waals surface area contributed by atoms with Crippen LogP contribution in [0.15, 0.2) is 24.3 Å². The Morgan fingerprint density at radius 1 is 1.27 bits per heavy atom. The van der Waals surface area contributed by atoms with E-state index < -0.39 is 10.0 Å². The third kappa shape index (κ3) is 6.34. The molecule has 1 heterocycles. The molecule has 1 aliphatic heterocycles. The Morgan fingerprint density at radius 2 is 1.92 bits per heavy atom. The van der Waals surface area contributed by atoms with Gasteiger partial charge in [-0.2, -0.15) is 0 Å². The van der Waals surface area contributed by atoms with Crippen molar-refractivity contribution in [2.24, 2.45) is 5.92 Å². The van der Waals surface area contributed by atoms with Crippen LogP contribution in [0.2, 0.25) is 0 Å². The van der Waals surface area contributed by atoms with Gasteiger partial charge in [-0.3, -0.25) is 4.79 Å². The van der Waals surface area contributed by atoms with E-state index in [1.807, 2.05) is 6.92 Å². The maximum Gasteiger partial charge on any atom is 0.223 e. The number of hydrogen-bond donors (Lipinski definition) is 1. The van der Waals surface area contributed by atoms with E-state index in [1.54, 1.807) is 0 Å². The molecule has 1 fully saturated rings. The topological polar surface area (TPSA) is 75.7 Å². The van der Waals surface area contributed by atoms with Gasteiger partial charge >= 0.3 is 0 Å². The lowest BCUT2D eigenvalue weighted by Gasteiger charge is -2.30. The number of hydrogen-bond acceptors (Lipinski definition) is 4. The summed E-state index contributed by atoms with van der Waals surface area (Å²) in [4.78, 5) is 12.2.